The highest BCUT2D eigenvalue weighted by molar-refractivity contribution is 7.88. The number of hydrogen-bond donors (Lipinski definition) is 1. The quantitative estimate of drug-likeness (QED) is 0.562. The molecular weight excluding hydrogens is 126 g/mol. The first-order chi connectivity index (χ1) is 3.31. The van der Waals surface area contributed by atoms with E-state index in [1.54, 1.807) is 0 Å². The predicted molar refractivity (Wildman–Crippen MR) is 39.6 cm³/mol. The Morgan fingerprint density at radius 3 is 2.43 bits per heavy atom. The zero-order chi connectivity index (χ0) is 5.70. The van der Waals surface area contributed by atoms with E-state index in [-0.39, 0.29) is 0 Å². The van der Waals surface area contributed by atoms with Gasteiger partial charge in [-0.3, -0.25) is 0 Å². The molecule has 0 radical (unpaired) electrons. The Balaban J connectivity index is 3.36. The lowest BCUT2D eigenvalue weighted by molar-refractivity contribution is 1.35. The van der Waals surface area contributed by atoms with E-state index < -0.39 is 0 Å². The molecule has 1 N–H and O–H groups in total. The summed E-state index contributed by atoms with van der Waals surface area (Å²) in [7, 11) is 0. The van der Waals surface area contributed by atoms with Gasteiger partial charge in [-0.05, 0) is 6.20 Å². The van der Waals surface area contributed by atoms with Crippen LogP contribution in [0.25, 0.3) is 0 Å². The molecule has 7 heavy (non-hydrogen) atoms. The minimum atomic E-state index is 0.532. The van der Waals surface area contributed by atoms with Gasteiger partial charge in [-0.1, -0.05) is 31.0 Å². The molecular formula is C4H5NS2. The predicted octanol–water partition coefficient (Wildman–Crippen LogP) is 1.05. The normalized spacial score (nSPS) is 6.86. The molecule has 0 aliphatic heterocycles. The maximum Gasteiger partial charge on any atom is 0.114 e. The summed E-state index contributed by atoms with van der Waals surface area (Å²) in [5, 5.41) is 4.02. The van der Waals surface area contributed by atoms with Gasteiger partial charge in [-0.15, -0.1) is 0 Å². The van der Waals surface area contributed by atoms with Crippen molar-refractivity contribution in [3.8, 4) is 0 Å². The van der Waals surface area contributed by atoms with E-state index in [2.05, 4.69) is 36.3 Å². The third-order valence-corrected chi connectivity index (χ3v) is 0.972. The van der Waals surface area contributed by atoms with Crippen LogP contribution in [0.4, 0.5) is 0 Å². The van der Waals surface area contributed by atoms with Crippen LogP contribution >= 0.6 is 24.4 Å². The Hall–Kier alpha value is -0.280. The Morgan fingerprint density at radius 1 is 1.71 bits per heavy atom. The van der Waals surface area contributed by atoms with Crippen LogP contribution in [0.15, 0.2) is 12.8 Å². The van der Waals surface area contributed by atoms with Crippen molar-refractivity contribution < 1.29 is 0 Å². The third-order valence-electron chi connectivity index (χ3n) is 0.351. The van der Waals surface area contributed by atoms with Gasteiger partial charge in [0.25, 0.3) is 0 Å². The molecule has 0 spiro atoms. The lowest BCUT2D eigenvalue weighted by Gasteiger charge is -1.88. The van der Waals surface area contributed by atoms with Crippen molar-refractivity contribution in [3.05, 3.63) is 12.8 Å². The van der Waals surface area contributed by atoms with Crippen molar-refractivity contribution in [2.45, 2.75) is 0 Å². The van der Waals surface area contributed by atoms with Gasteiger partial charge in [0.05, 0.1) is 0 Å². The van der Waals surface area contributed by atoms with E-state index in [1.165, 1.54) is 11.6 Å². The highest BCUT2D eigenvalue weighted by Gasteiger charge is 1.77. The fraction of sp³-hybridized carbons (Fsp3) is 0. The zero-order valence-electron chi connectivity index (χ0n) is 3.68. The Bertz CT molecular complexity index is 97.9. The number of hydrogen-bond acceptors (Lipinski definition) is 2. The molecule has 0 aromatic rings. The van der Waals surface area contributed by atoms with Crippen molar-refractivity contribution >= 4 is 34.8 Å². The molecule has 0 aromatic heterocycles. The van der Waals surface area contributed by atoms with Gasteiger partial charge in [0.15, 0.2) is 0 Å². The van der Waals surface area contributed by atoms with E-state index in [0.29, 0.717) is 4.99 Å². The monoisotopic (exact) mass is 131 g/mol. The van der Waals surface area contributed by atoms with E-state index in [4.69, 9.17) is 0 Å². The fourth-order valence-corrected chi connectivity index (χ4v) is 0.286. The largest absolute Gasteiger partial charge is 0.353 e. The smallest absolute Gasteiger partial charge is 0.114 e. The van der Waals surface area contributed by atoms with Crippen LogP contribution < -0.4 is 5.32 Å². The first-order valence-electron chi connectivity index (χ1n) is 1.68. The number of thiocarbonyl (C=S) groups is 2. The molecule has 0 bridgehead atoms. The molecule has 0 rings (SSSR count). The summed E-state index contributed by atoms with van der Waals surface area (Å²) in [6.07, 6.45) is 1.49. The molecule has 38 valence electrons. The molecule has 0 amide bonds. The SMILES string of the molecule is C=CNC(=S)C=S. The van der Waals surface area contributed by atoms with E-state index in [0.717, 1.165) is 0 Å². The maximum absolute atomic E-state index is 4.61. The van der Waals surface area contributed by atoms with Crippen molar-refractivity contribution in [1.82, 2.24) is 5.32 Å². The van der Waals surface area contributed by atoms with Gasteiger partial charge in [-0.2, -0.15) is 0 Å². The molecule has 0 unspecified atom stereocenters. The minimum absolute atomic E-state index is 0.532. The van der Waals surface area contributed by atoms with Crippen LogP contribution in [-0.2, 0) is 0 Å². The molecule has 1 nitrogen and oxygen atoms in total. The zero-order valence-corrected chi connectivity index (χ0v) is 5.31. The van der Waals surface area contributed by atoms with Crippen LogP contribution in [0, 0.1) is 0 Å². The molecule has 3 heteroatoms. The standard InChI is InChI=1S/C4H5NS2/c1-2-5-4(7)3-6/h2-3H,1H2,(H,5,7). The molecule has 0 aliphatic rings. The van der Waals surface area contributed by atoms with Crippen molar-refractivity contribution in [2.75, 3.05) is 0 Å². The highest BCUT2D eigenvalue weighted by atomic mass is 32.1. The van der Waals surface area contributed by atoms with Crippen molar-refractivity contribution in [2.24, 2.45) is 0 Å². The summed E-state index contributed by atoms with van der Waals surface area (Å²) >= 11 is 9.08. The van der Waals surface area contributed by atoms with Crippen LogP contribution in [0.2, 0.25) is 0 Å². The Morgan fingerprint density at radius 2 is 2.29 bits per heavy atom. The summed E-state index contributed by atoms with van der Waals surface area (Å²) in [5.41, 5.74) is 0. The maximum atomic E-state index is 4.61. The molecule has 0 aromatic carbocycles. The summed E-state index contributed by atoms with van der Waals surface area (Å²) < 4.78 is 0. The summed E-state index contributed by atoms with van der Waals surface area (Å²) in [4.78, 5) is 0.532. The molecule has 0 saturated carbocycles. The summed E-state index contributed by atoms with van der Waals surface area (Å²) in [6, 6.07) is 0. The van der Waals surface area contributed by atoms with E-state index in [9.17, 15) is 0 Å². The third kappa shape index (κ3) is 3.55. The second kappa shape index (κ2) is 3.89. The average Bonchev–Trinajstić information content (AvgIpc) is 1.68. The first-order valence-corrected chi connectivity index (χ1v) is 2.56. The molecule has 0 heterocycles. The Kier molecular flexibility index (Phi) is 3.74. The molecule has 0 aliphatic carbocycles. The second-order valence-electron chi connectivity index (χ2n) is 0.831. The van der Waals surface area contributed by atoms with Crippen molar-refractivity contribution in [1.29, 1.82) is 0 Å². The van der Waals surface area contributed by atoms with Gasteiger partial charge in [0.1, 0.15) is 4.99 Å². The topological polar surface area (TPSA) is 12.0 Å². The molecule has 0 fully saturated rings. The van der Waals surface area contributed by atoms with E-state index in [1.807, 2.05) is 0 Å². The van der Waals surface area contributed by atoms with Crippen LogP contribution in [0.1, 0.15) is 0 Å². The van der Waals surface area contributed by atoms with E-state index >= 15 is 0 Å². The number of nitrogens with one attached hydrogen (secondary N) is 1. The second-order valence-corrected chi connectivity index (χ2v) is 1.51. The summed E-state index contributed by atoms with van der Waals surface area (Å²) in [6.45, 7) is 3.38. The first kappa shape index (κ1) is 6.72. The molecule has 0 atom stereocenters. The van der Waals surface area contributed by atoms with Crippen molar-refractivity contribution in [3.63, 3.8) is 0 Å². The van der Waals surface area contributed by atoms with Gasteiger partial charge in [0.2, 0.25) is 0 Å². The Labute approximate surface area is 53.4 Å². The van der Waals surface area contributed by atoms with Crippen LogP contribution in [0.5, 0.6) is 0 Å². The highest BCUT2D eigenvalue weighted by Crippen LogP contribution is 1.63. The average molecular weight is 131 g/mol. The lowest BCUT2D eigenvalue weighted by Crippen LogP contribution is -2.13. The summed E-state index contributed by atoms with van der Waals surface area (Å²) in [5.74, 6) is 0. The van der Waals surface area contributed by atoms with Gasteiger partial charge in [-0.25, -0.2) is 0 Å². The van der Waals surface area contributed by atoms with Crippen LogP contribution in [0.3, 0.4) is 0 Å². The van der Waals surface area contributed by atoms with Gasteiger partial charge < -0.3 is 5.32 Å². The van der Waals surface area contributed by atoms with Gasteiger partial charge >= 0.3 is 0 Å². The van der Waals surface area contributed by atoms with Gasteiger partial charge in [0, 0.05) is 5.37 Å². The molecule has 0 saturated heterocycles. The number of rotatable bonds is 2. The fourth-order valence-electron chi connectivity index (χ4n) is 0.135. The minimum Gasteiger partial charge on any atom is -0.353 e. The lowest BCUT2D eigenvalue weighted by atomic mass is 10.7. The van der Waals surface area contributed by atoms with Crippen LogP contribution in [-0.4, -0.2) is 10.4 Å².